The van der Waals surface area contributed by atoms with Gasteiger partial charge >= 0.3 is 0 Å². The lowest BCUT2D eigenvalue weighted by Gasteiger charge is -2.35. The van der Waals surface area contributed by atoms with E-state index in [0.29, 0.717) is 24.6 Å². The number of carbonyl (C=O) groups excluding carboxylic acids is 2. The number of ether oxygens (including phenoxy) is 1. The first-order chi connectivity index (χ1) is 21.9. The minimum absolute atomic E-state index is 0.0615. The van der Waals surface area contributed by atoms with Crippen molar-refractivity contribution in [2.24, 2.45) is 10.9 Å². The van der Waals surface area contributed by atoms with Crippen LogP contribution in [0.3, 0.4) is 0 Å². The largest absolute Gasteiger partial charge is 0.489 e. The molecule has 8 heteroatoms. The number of hydrogen-bond acceptors (Lipinski definition) is 7. The van der Waals surface area contributed by atoms with Crippen LogP contribution in [-0.2, 0) is 20.9 Å². The molecule has 1 aliphatic carbocycles. The smallest absolute Gasteiger partial charge is 0.253 e. The lowest BCUT2D eigenvalue weighted by Crippen LogP contribution is -2.43. The molecule has 5 rings (SSSR count). The molecule has 0 radical (unpaired) electrons. The maximum Gasteiger partial charge on any atom is 0.253 e. The number of hydrogen-bond donors (Lipinski definition) is 3. The van der Waals surface area contributed by atoms with E-state index < -0.39 is 12.1 Å². The van der Waals surface area contributed by atoms with Gasteiger partial charge in [-0.15, -0.1) is 0 Å². The summed E-state index contributed by atoms with van der Waals surface area (Å²) in [5.74, 6) is 1.36. The number of amidine groups is 1. The van der Waals surface area contributed by atoms with Gasteiger partial charge in [0.2, 0.25) is 0 Å². The van der Waals surface area contributed by atoms with E-state index in [1.165, 1.54) is 16.8 Å². The predicted molar refractivity (Wildman–Crippen MR) is 179 cm³/mol. The lowest BCUT2D eigenvalue weighted by atomic mass is 9.92. The number of carbonyl (C=O) groups is 2. The zero-order chi connectivity index (χ0) is 31.6. The molecule has 3 aliphatic rings. The fourth-order valence-corrected chi connectivity index (χ4v) is 6.04. The van der Waals surface area contributed by atoms with Crippen LogP contribution in [0.1, 0.15) is 57.1 Å². The molecule has 2 atom stereocenters. The molecule has 2 aliphatic heterocycles. The van der Waals surface area contributed by atoms with E-state index in [1.807, 2.05) is 49.4 Å². The summed E-state index contributed by atoms with van der Waals surface area (Å²) in [6.07, 6.45) is 13.2. The zero-order valence-electron chi connectivity index (χ0n) is 26.2. The van der Waals surface area contributed by atoms with Crippen LogP contribution in [0.4, 0.5) is 5.69 Å². The van der Waals surface area contributed by atoms with Crippen LogP contribution in [0.2, 0.25) is 0 Å². The Morgan fingerprint density at radius 2 is 1.89 bits per heavy atom. The number of aliphatic hydroxyl groups excluding tert-OH is 1. The summed E-state index contributed by atoms with van der Waals surface area (Å²) >= 11 is 0. The lowest BCUT2D eigenvalue weighted by molar-refractivity contribution is -0.123. The highest BCUT2D eigenvalue weighted by atomic mass is 16.5. The fourth-order valence-electron chi connectivity index (χ4n) is 6.04. The standard InChI is InChI=1S/C37H44N4O4/c1-26-36(45-25-29-8-4-3-5-9-29)35(37(44)38-20-23-42)40-34(39-26)24-28-18-21-41(22-19-28)33-16-14-32(15-17-33)31-11-7-6-10-30(12-13-31)27(2)43/h3-6,8-10,12-17,23,27-28,35,43H,7,11,18-22,24-25H2,1-2H3,(H,38,44)(H,39,40)/b10-6-,30-12+,31-13+. The van der Waals surface area contributed by atoms with Crippen LogP contribution in [0, 0.1) is 5.92 Å². The number of rotatable bonds is 11. The highest BCUT2D eigenvalue weighted by Gasteiger charge is 2.31. The van der Waals surface area contributed by atoms with Gasteiger partial charge in [0.1, 0.15) is 24.5 Å². The summed E-state index contributed by atoms with van der Waals surface area (Å²) in [5.41, 5.74) is 6.42. The quantitative estimate of drug-likeness (QED) is 0.293. The Labute approximate surface area is 266 Å². The van der Waals surface area contributed by atoms with E-state index in [9.17, 15) is 14.7 Å². The Bertz CT molecular complexity index is 1480. The number of amides is 1. The number of aliphatic hydroxyl groups is 1. The maximum absolute atomic E-state index is 13.0. The van der Waals surface area contributed by atoms with Crippen molar-refractivity contribution >= 4 is 29.3 Å². The predicted octanol–water partition coefficient (Wildman–Crippen LogP) is 5.47. The van der Waals surface area contributed by atoms with Gasteiger partial charge in [0.25, 0.3) is 5.91 Å². The molecule has 236 valence electrons. The molecule has 1 amide bonds. The number of nitrogens with zero attached hydrogens (tertiary/aromatic N) is 2. The summed E-state index contributed by atoms with van der Waals surface area (Å²) in [5, 5.41) is 16.0. The molecular formula is C37H44N4O4. The third-order valence-corrected chi connectivity index (χ3v) is 8.63. The first-order valence-corrected chi connectivity index (χ1v) is 15.9. The minimum atomic E-state index is -0.832. The van der Waals surface area contributed by atoms with E-state index in [4.69, 9.17) is 9.73 Å². The number of aldehydes is 1. The normalized spacial score (nSPS) is 22.8. The third kappa shape index (κ3) is 8.60. The van der Waals surface area contributed by atoms with Crippen molar-refractivity contribution in [2.75, 3.05) is 24.5 Å². The molecule has 45 heavy (non-hydrogen) atoms. The summed E-state index contributed by atoms with van der Waals surface area (Å²) in [4.78, 5) is 31.2. The molecule has 0 saturated carbocycles. The van der Waals surface area contributed by atoms with Crippen LogP contribution in [0.25, 0.3) is 5.57 Å². The summed E-state index contributed by atoms with van der Waals surface area (Å²) in [6.45, 7) is 5.88. The third-order valence-electron chi connectivity index (χ3n) is 8.63. The summed E-state index contributed by atoms with van der Waals surface area (Å²) in [7, 11) is 0. The number of allylic oxidation sites excluding steroid dienone is 5. The Kier molecular flexibility index (Phi) is 11.0. The second kappa shape index (κ2) is 15.5. The first kappa shape index (κ1) is 32.0. The number of anilines is 1. The summed E-state index contributed by atoms with van der Waals surface area (Å²) < 4.78 is 6.10. The molecule has 0 spiro atoms. The second-order valence-corrected chi connectivity index (χ2v) is 11.9. The molecule has 0 bridgehead atoms. The Morgan fingerprint density at radius 1 is 1.13 bits per heavy atom. The van der Waals surface area contributed by atoms with Gasteiger partial charge in [-0.05, 0) is 79.9 Å². The molecule has 0 aromatic heterocycles. The molecule has 8 nitrogen and oxygen atoms in total. The SMILES string of the molecule is CC1=C(OCc2ccccc2)C(C(=O)NCC=O)N=C(CC2CCN(c3ccc(/C4=C/C=C(C(C)O)\C=C/CC4)cc3)CC2)N1. The molecule has 3 N–H and O–H groups in total. The van der Waals surface area contributed by atoms with Gasteiger partial charge in [-0.1, -0.05) is 66.8 Å². The molecule has 2 aromatic carbocycles. The van der Waals surface area contributed by atoms with Gasteiger partial charge in [-0.3, -0.25) is 9.79 Å². The van der Waals surface area contributed by atoms with Crippen LogP contribution in [0.5, 0.6) is 0 Å². The molecule has 2 unspecified atom stereocenters. The maximum atomic E-state index is 13.0. The number of aliphatic imine (C=N–C) groups is 1. The first-order valence-electron chi connectivity index (χ1n) is 15.9. The van der Waals surface area contributed by atoms with Crippen LogP contribution < -0.4 is 15.5 Å². The van der Waals surface area contributed by atoms with E-state index in [-0.39, 0.29) is 12.5 Å². The van der Waals surface area contributed by atoms with Crippen molar-refractivity contribution in [3.05, 3.63) is 107 Å². The number of nitrogens with one attached hydrogen (secondary N) is 2. The highest BCUT2D eigenvalue weighted by molar-refractivity contribution is 5.93. The zero-order valence-corrected chi connectivity index (χ0v) is 26.2. The van der Waals surface area contributed by atoms with Crippen molar-refractivity contribution in [2.45, 2.75) is 64.7 Å². The van der Waals surface area contributed by atoms with Crippen molar-refractivity contribution in [1.82, 2.24) is 10.6 Å². The van der Waals surface area contributed by atoms with Gasteiger partial charge in [-0.2, -0.15) is 0 Å². The molecule has 2 heterocycles. The van der Waals surface area contributed by atoms with Crippen molar-refractivity contribution in [3.63, 3.8) is 0 Å². The minimum Gasteiger partial charge on any atom is -0.489 e. The number of benzene rings is 2. The fraction of sp³-hybridized carbons (Fsp3) is 0.378. The molecular weight excluding hydrogens is 564 g/mol. The van der Waals surface area contributed by atoms with E-state index >= 15 is 0 Å². The van der Waals surface area contributed by atoms with E-state index in [2.05, 4.69) is 52.0 Å². The summed E-state index contributed by atoms with van der Waals surface area (Å²) in [6, 6.07) is 17.8. The topological polar surface area (TPSA) is 103 Å². The van der Waals surface area contributed by atoms with E-state index in [0.717, 1.165) is 67.9 Å². The average molecular weight is 609 g/mol. The monoisotopic (exact) mass is 608 g/mol. The molecule has 1 saturated heterocycles. The highest BCUT2D eigenvalue weighted by Crippen LogP contribution is 2.30. The van der Waals surface area contributed by atoms with Crippen molar-refractivity contribution < 1.29 is 19.4 Å². The van der Waals surface area contributed by atoms with Gasteiger partial charge < -0.3 is 30.2 Å². The van der Waals surface area contributed by atoms with Gasteiger partial charge in [0.15, 0.2) is 6.04 Å². The van der Waals surface area contributed by atoms with Gasteiger partial charge in [-0.25, -0.2) is 0 Å². The van der Waals surface area contributed by atoms with Crippen LogP contribution in [0.15, 0.2) is 101 Å². The van der Waals surface area contributed by atoms with Gasteiger partial charge in [0, 0.05) is 25.2 Å². The van der Waals surface area contributed by atoms with Gasteiger partial charge in [0.05, 0.1) is 18.3 Å². The van der Waals surface area contributed by atoms with Crippen LogP contribution in [-0.4, -0.2) is 54.9 Å². The van der Waals surface area contributed by atoms with Crippen molar-refractivity contribution in [1.29, 1.82) is 0 Å². The van der Waals surface area contributed by atoms with E-state index in [1.54, 1.807) is 6.92 Å². The van der Waals surface area contributed by atoms with Crippen molar-refractivity contribution in [3.8, 4) is 0 Å². The Balaban J connectivity index is 1.19. The Hall–Kier alpha value is -4.43. The molecule has 2 aromatic rings. The second-order valence-electron chi connectivity index (χ2n) is 11.9. The Morgan fingerprint density at radius 3 is 2.60 bits per heavy atom. The average Bonchev–Trinajstić information content (AvgIpc) is 3.04. The molecule has 1 fully saturated rings. The number of piperidine rings is 1. The van der Waals surface area contributed by atoms with Crippen LogP contribution >= 0.6 is 0 Å².